The van der Waals surface area contributed by atoms with E-state index < -0.39 is 0 Å². The van der Waals surface area contributed by atoms with E-state index in [2.05, 4.69) is 15.4 Å². The van der Waals surface area contributed by atoms with Crippen LogP contribution in [0.4, 0.5) is 5.69 Å². The quantitative estimate of drug-likeness (QED) is 0.563. The normalized spacial score (nSPS) is 11.1. The van der Waals surface area contributed by atoms with Crippen LogP contribution in [0.15, 0.2) is 42.5 Å². The fourth-order valence-electron chi connectivity index (χ4n) is 3.77. The average Bonchev–Trinajstić information content (AvgIpc) is 2.98. The molecular formula is C23H23N5O. The van der Waals surface area contributed by atoms with Gasteiger partial charge in [-0.3, -0.25) is 14.5 Å². The van der Waals surface area contributed by atoms with Crippen LogP contribution in [0.3, 0.4) is 0 Å². The van der Waals surface area contributed by atoms with Gasteiger partial charge in [0.25, 0.3) is 5.91 Å². The Morgan fingerprint density at radius 2 is 1.69 bits per heavy atom. The van der Waals surface area contributed by atoms with Crippen molar-refractivity contribution >= 4 is 22.6 Å². The number of hydrogen-bond donors (Lipinski definition) is 1. The monoisotopic (exact) mass is 385 g/mol. The second-order valence-corrected chi connectivity index (χ2v) is 7.32. The zero-order valence-electron chi connectivity index (χ0n) is 17.2. The summed E-state index contributed by atoms with van der Waals surface area (Å²) < 4.78 is 1.72. The molecule has 0 spiro atoms. The van der Waals surface area contributed by atoms with Crippen LogP contribution >= 0.6 is 0 Å². The minimum Gasteiger partial charge on any atom is -0.320 e. The van der Waals surface area contributed by atoms with Gasteiger partial charge in [0.15, 0.2) is 5.65 Å². The molecule has 4 aromatic rings. The third-order valence-electron chi connectivity index (χ3n) is 5.05. The van der Waals surface area contributed by atoms with E-state index in [0.29, 0.717) is 11.2 Å². The van der Waals surface area contributed by atoms with Crippen molar-refractivity contribution in [1.82, 2.24) is 19.7 Å². The molecule has 0 atom stereocenters. The van der Waals surface area contributed by atoms with Gasteiger partial charge in [0.1, 0.15) is 0 Å². The highest BCUT2D eigenvalue weighted by molar-refractivity contribution is 6.13. The Morgan fingerprint density at radius 3 is 2.38 bits per heavy atom. The molecule has 29 heavy (non-hydrogen) atoms. The Balaban J connectivity index is 1.87. The third-order valence-corrected chi connectivity index (χ3v) is 5.05. The number of benzene rings is 1. The smallest absolute Gasteiger partial charge is 0.256 e. The SMILES string of the molecule is Cc1cc(C)c(NC(=O)c2cc(-c3ccccc3)nc3c2c(C)nn3C)c(C)n1. The molecule has 0 unspecified atom stereocenters. The van der Waals surface area contributed by atoms with Crippen LogP contribution in [0.1, 0.15) is 33.0 Å². The Bertz CT molecular complexity index is 1220. The van der Waals surface area contributed by atoms with Crippen molar-refractivity contribution in [3.8, 4) is 11.3 Å². The molecule has 146 valence electrons. The van der Waals surface area contributed by atoms with Crippen molar-refractivity contribution < 1.29 is 4.79 Å². The van der Waals surface area contributed by atoms with Gasteiger partial charge in [-0.1, -0.05) is 30.3 Å². The van der Waals surface area contributed by atoms with Gasteiger partial charge < -0.3 is 5.32 Å². The summed E-state index contributed by atoms with van der Waals surface area (Å²) in [6, 6.07) is 13.7. The Kier molecular flexibility index (Phi) is 4.62. The van der Waals surface area contributed by atoms with Crippen LogP contribution in [-0.4, -0.2) is 25.7 Å². The Morgan fingerprint density at radius 1 is 0.966 bits per heavy atom. The van der Waals surface area contributed by atoms with E-state index in [1.807, 2.05) is 77.2 Å². The van der Waals surface area contributed by atoms with Gasteiger partial charge >= 0.3 is 0 Å². The summed E-state index contributed by atoms with van der Waals surface area (Å²) >= 11 is 0. The number of carbonyl (C=O) groups is 1. The number of anilines is 1. The van der Waals surface area contributed by atoms with Crippen molar-refractivity contribution in [3.63, 3.8) is 0 Å². The van der Waals surface area contributed by atoms with Crippen molar-refractivity contribution in [2.45, 2.75) is 27.7 Å². The lowest BCUT2D eigenvalue weighted by Gasteiger charge is -2.13. The molecule has 1 N–H and O–H groups in total. The summed E-state index contributed by atoms with van der Waals surface area (Å²) in [5, 5.41) is 8.31. The fourth-order valence-corrected chi connectivity index (χ4v) is 3.77. The lowest BCUT2D eigenvalue weighted by molar-refractivity contribution is 0.102. The van der Waals surface area contributed by atoms with Gasteiger partial charge in [-0.05, 0) is 45.4 Å². The van der Waals surface area contributed by atoms with Crippen LogP contribution in [-0.2, 0) is 7.05 Å². The van der Waals surface area contributed by atoms with Crippen LogP contribution in [0.2, 0.25) is 0 Å². The minimum atomic E-state index is -0.192. The molecule has 0 saturated carbocycles. The number of aromatic nitrogens is 4. The predicted molar refractivity (Wildman–Crippen MR) is 115 cm³/mol. The van der Waals surface area contributed by atoms with E-state index in [9.17, 15) is 4.79 Å². The first kappa shape index (κ1) is 18.8. The summed E-state index contributed by atoms with van der Waals surface area (Å²) in [5.41, 5.74) is 7.16. The molecule has 4 rings (SSSR count). The molecule has 1 aromatic carbocycles. The van der Waals surface area contributed by atoms with Crippen LogP contribution in [0, 0.1) is 27.7 Å². The van der Waals surface area contributed by atoms with Crippen LogP contribution in [0.5, 0.6) is 0 Å². The highest BCUT2D eigenvalue weighted by atomic mass is 16.1. The molecule has 6 heteroatoms. The highest BCUT2D eigenvalue weighted by Crippen LogP contribution is 2.28. The first-order valence-electron chi connectivity index (χ1n) is 9.51. The highest BCUT2D eigenvalue weighted by Gasteiger charge is 2.20. The summed E-state index contributed by atoms with van der Waals surface area (Å²) in [7, 11) is 1.84. The maximum Gasteiger partial charge on any atom is 0.256 e. The number of aryl methyl sites for hydroxylation is 5. The van der Waals surface area contributed by atoms with Gasteiger partial charge in [0.2, 0.25) is 0 Å². The van der Waals surface area contributed by atoms with E-state index in [1.165, 1.54) is 0 Å². The number of nitrogens with zero attached hydrogens (tertiary/aromatic N) is 4. The second kappa shape index (κ2) is 7.13. The van der Waals surface area contributed by atoms with E-state index in [-0.39, 0.29) is 5.91 Å². The largest absolute Gasteiger partial charge is 0.320 e. The maximum atomic E-state index is 13.4. The van der Waals surface area contributed by atoms with Crippen molar-refractivity contribution in [2.24, 2.45) is 7.05 Å². The van der Waals surface area contributed by atoms with Gasteiger partial charge in [-0.2, -0.15) is 5.10 Å². The first-order chi connectivity index (χ1) is 13.8. The summed E-state index contributed by atoms with van der Waals surface area (Å²) in [6.45, 7) is 7.72. The molecule has 0 bridgehead atoms. The molecule has 0 aliphatic carbocycles. The molecule has 3 heterocycles. The standard InChI is InChI=1S/C23H23N5O/c1-13-11-14(2)24-16(4)21(13)26-23(29)18-12-19(17-9-7-6-8-10-17)25-22-20(18)15(3)27-28(22)5/h6-12H,1-5H3,(H,26,29). The zero-order chi connectivity index (χ0) is 20.7. The van der Waals surface area contributed by atoms with Crippen LogP contribution in [0.25, 0.3) is 22.3 Å². The molecule has 3 aromatic heterocycles. The molecule has 0 saturated heterocycles. The number of hydrogen-bond acceptors (Lipinski definition) is 4. The van der Waals surface area contributed by atoms with Gasteiger partial charge in [-0.15, -0.1) is 0 Å². The first-order valence-corrected chi connectivity index (χ1v) is 9.51. The second-order valence-electron chi connectivity index (χ2n) is 7.32. The maximum absolute atomic E-state index is 13.4. The summed E-state index contributed by atoms with van der Waals surface area (Å²) in [5.74, 6) is -0.192. The van der Waals surface area contributed by atoms with E-state index in [1.54, 1.807) is 4.68 Å². The van der Waals surface area contributed by atoms with E-state index >= 15 is 0 Å². The zero-order valence-corrected chi connectivity index (χ0v) is 17.2. The number of pyridine rings is 2. The van der Waals surface area contributed by atoms with Crippen LogP contribution < -0.4 is 5.32 Å². The Hall–Kier alpha value is -3.54. The molecular weight excluding hydrogens is 362 g/mol. The molecule has 1 amide bonds. The number of rotatable bonds is 3. The molecule has 6 nitrogen and oxygen atoms in total. The Labute approximate surface area is 169 Å². The number of carbonyl (C=O) groups excluding carboxylic acids is 1. The third kappa shape index (κ3) is 3.38. The topological polar surface area (TPSA) is 72.7 Å². The summed E-state index contributed by atoms with van der Waals surface area (Å²) in [6.07, 6.45) is 0. The van der Waals surface area contributed by atoms with Gasteiger partial charge in [-0.25, -0.2) is 4.98 Å². The van der Waals surface area contributed by atoms with E-state index in [0.717, 1.165) is 45.0 Å². The lowest BCUT2D eigenvalue weighted by Crippen LogP contribution is -2.16. The van der Waals surface area contributed by atoms with Gasteiger partial charge in [0, 0.05) is 18.3 Å². The molecule has 0 fully saturated rings. The minimum absolute atomic E-state index is 0.192. The van der Waals surface area contributed by atoms with Crippen molar-refractivity contribution in [1.29, 1.82) is 0 Å². The van der Waals surface area contributed by atoms with Gasteiger partial charge in [0.05, 0.1) is 33.7 Å². The number of fused-ring (bicyclic) bond motifs is 1. The predicted octanol–water partition coefficient (Wildman–Crippen LogP) is 4.52. The lowest BCUT2D eigenvalue weighted by atomic mass is 10.0. The summed E-state index contributed by atoms with van der Waals surface area (Å²) in [4.78, 5) is 22.6. The van der Waals surface area contributed by atoms with Crippen molar-refractivity contribution in [2.75, 3.05) is 5.32 Å². The number of amides is 1. The molecule has 0 aliphatic rings. The molecule has 0 radical (unpaired) electrons. The van der Waals surface area contributed by atoms with Crippen molar-refractivity contribution in [3.05, 3.63) is 70.7 Å². The number of nitrogens with one attached hydrogen (secondary N) is 1. The van der Waals surface area contributed by atoms with E-state index in [4.69, 9.17) is 4.98 Å². The molecule has 0 aliphatic heterocycles. The fraction of sp³-hybridized carbons (Fsp3) is 0.217. The average molecular weight is 385 g/mol.